The molecule has 3 nitrogen and oxygen atoms in total. The second-order valence-corrected chi connectivity index (χ2v) is 2.28. The van der Waals surface area contributed by atoms with E-state index in [2.05, 4.69) is 12.2 Å². The third-order valence-corrected chi connectivity index (χ3v) is 1.53. The Hall–Kier alpha value is -0.410. The summed E-state index contributed by atoms with van der Waals surface area (Å²) in [4.78, 5) is 10.9. The lowest BCUT2D eigenvalue weighted by Gasteiger charge is -2.21. The minimum absolute atomic E-state index is 0.0900. The summed E-state index contributed by atoms with van der Waals surface area (Å²) in [6, 6.07) is 0. The van der Waals surface area contributed by atoms with Crippen LogP contribution in [0.5, 0.6) is 0 Å². The van der Waals surface area contributed by atoms with Crippen molar-refractivity contribution in [3.63, 3.8) is 0 Å². The van der Waals surface area contributed by atoms with Crippen molar-refractivity contribution in [3.05, 3.63) is 6.92 Å². The Balaban J connectivity index is 2.31. The van der Waals surface area contributed by atoms with Crippen molar-refractivity contribution in [2.75, 3.05) is 19.7 Å². The van der Waals surface area contributed by atoms with Crippen molar-refractivity contribution in [3.8, 4) is 0 Å². The maximum absolute atomic E-state index is 10.9. The average molecular weight is 142 g/mol. The molecule has 0 amide bonds. The van der Waals surface area contributed by atoms with Crippen molar-refractivity contribution in [2.45, 2.75) is 12.5 Å². The van der Waals surface area contributed by atoms with Gasteiger partial charge in [-0.3, -0.25) is 4.79 Å². The molecule has 1 rings (SSSR count). The number of nitrogens with one attached hydrogen (secondary N) is 1. The molecular weight excluding hydrogens is 130 g/mol. The van der Waals surface area contributed by atoms with E-state index in [9.17, 15) is 4.79 Å². The van der Waals surface area contributed by atoms with E-state index in [-0.39, 0.29) is 11.9 Å². The summed E-state index contributed by atoms with van der Waals surface area (Å²) in [7, 11) is 0. The van der Waals surface area contributed by atoms with Crippen LogP contribution in [0.15, 0.2) is 0 Å². The molecule has 57 valence electrons. The quantitative estimate of drug-likeness (QED) is 0.578. The van der Waals surface area contributed by atoms with Gasteiger partial charge in [0, 0.05) is 19.5 Å². The molecule has 1 unspecified atom stereocenters. The fourth-order valence-corrected chi connectivity index (χ4v) is 0.933. The SMILES string of the molecule is [CH2]CC(=O)C1CNCCO1. The van der Waals surface area contributed by atoms with Gasteiger partial charge in [-0.15, -0.1) is 0 Å². The number of ether oxygens (including phenoxy) is 1. The predicted molar refractivity (Wildman–Crippen MR) is 37.6 cm³/mol. The Bertz CT molecular complexity index is 119. The van der Waals surface area contributed by atoms with Gasteiger partial charge in [0.15, 0.2) is 5.78 Å². The highest BCUT2D eigenvalue weighted by Crippen LogP contribution is 1.99. The first kappa shape index (κ1) is 7.69. The Morgan fingerprint density at radius 1 is 1.80 bits per heavy atom. The molecule has 1 N–H and O–H groups in total. The lowest BCUT2D eigenvalue weighted by molar-refractivity contribution is -0.131. The van der Waals surface area contributed by atoms with E-state index in [1.54, 1.807) is 0 Å². The van der Waals surface area contributed by atoms with Crippen molar-refractivity contribution in [1.82, 2.24) is 5.32 Å². The smallest absolute Gasteiger partial charge is 0.162 e. The van der Waals surface area contributed by atoms with Gasteiger partial charge >= 0.3 is 0 Å². The number of carbonyl (C=O) groups excluding carboxylic acids is 1. The van der Waals surface area contributed by atoms with Crippen LogP contribution in [0, 0.1) is 6.92 Å². The number of ketones is 1. The fraction of sp³-hybridized carbons (Fsp3) is 0.714. The first-order valence-corrected chi connectivity index (χ1v) is 3.49. The van der Waals surface area contributed by atoms with Crippen LogP contribution in [0.25, 0.3) is 0 Å². The highest BCUT2D eigenvalue weighted by molar-refractivity contribution is 5.83. The molecule has 1 aliphatic rings. The van der Waals surface area contributed by atoms with Crippen LogP contribution in [0.1, 0.15) is 6.42 Å². The number of hydrogen-bond acceptors (Lipinski definition) is 3. The molecule has 1 saturated heterocycles. The molecule has 0 bridgehead atoms. The third kappa shape index (κ3) is 1.78. The van der Waals surface area contributed by atoms with Crippen molar-refractivity contribution in [2.24, 2.45) is 0 Å². The van der Waals surface area contributed by atoms with Crippen LogP contribution in [0.2, 0.25) is 0 Å². The molecule has 0 spiro atoms. The molecule has 0 aromatic heterocycles. The summed E-state index contributed by atoms with van der Waals surface area (Å²) in [5.41, 5.74) is 0. The summed E-state index contributed by atoms with van der Waals surface area (Å²) in [5, 5.41) is 3.08. The number of Topliss-reactive ketones (excluding diaryl/α,β-unsaturated/α-hetero) is 1. The largest absolute Gasteiger partial charge is 0.368 e. The minimum atomic E-state index is -0.244. The molecule has 0 aromatic rings. The van der Waals surface area contributed by atoms with Gasteiger partial charge < -0.3 is 10.1 Å². The Kier molecular flexibility index (Phi) is 2.83. The second kappa shape index (κ2) is 3.68. The van der Waals surface area contributed by atoms with Gasteiger partial charge in [-0.05, 0) is 6.92 Å². The van der Waals surface area contributed by atoms with E-state index < -0.39 is 0 Å². The Labute approximate surface area is 60.7 Å². The molecular formula is C7H12NO2. The number of carbonyl (C=O) groups is 1. The van der Waals surface area contributed by atoms with Crippen LogP contribution in [0.3, 0.4) is 0 Å². The van der Waals surface area contributed by atoms with Crippen LogP contribution < -0.4 is 5.32 Å². The number of rotatable bonds is 2. The van der Waals surface area contributed by atoms with E-state index in [4.69, 9.17) is 4.74 Å². The van der Waals surface area contributed by atoms with E-state index in [1.807, 2.05) is 0 Å². The van der Waals surface area contributed by atoms with Crippen molar-refractivity contribution < 1.29 is 9.53 Å². The summed E-state index contributed by atoms with van der Waals surface area (Å²) in [6.45, 7) is 5.63. The summed E-state index contributed by atoms with van der Waals surface area (Å²) in [6.07, 6.45) is 0.0815. The fourth-order valence-electron chi connectivity index (χ4n) is 0.933. The van der Waals surface area contributed by atoms with Crippen molar-refractivity contribution in [1.29, 1.82) is 0 Å². The van der Waals surface area contributed by atoms with Gasteiger partial charge in [0.05, 0.1) is 6.61 Å². The van der Waals surface area contributed by atoms with E-state index in [0.29, 0.717) is 19.6 Å². The zero-order valence-corrected chi connectivity index (χ0v) is 5.93. The van der Waals surface area contributed by atoms with Crippen LogP contribution in [0.4, 0.5) is 0 Å². The molecule has 1 radical (unpaired) electrons. The summed E-state index contributed by atoms with van der Waals surface area (Å²) < 4.78 is 5.18. The van der Waals surface area contributed by atoms with Gasteiger partial charge in [0.2, 0.25) is 0 Å². The van der Waals surface area contributed by atoms with E-state index in [1.165, 1.54) is 0 Å². The molecule has 1 fully saturated rings. The molecule has 1 aliphatic heterocycles. The van der Waals surface area contributed by atoms with E-state index >= 15 is 0 Å². The van der Waals surface area contributed by atoms with Gasteiger partial charge in [-0.25, -0.2) is 0 Å². The second-order valence-electron chi connectivity index (χ2n) is 2.28. The maximum atomic E-state index is 10.9. The van der Waals surface area contributed by atoms with Gasteiger partial charge in [0.1, 0.15) is 6.10 Å². The standard InChI is InChI=1S/C7H12NO2/c1-2-6(9)7-5-8-3-4-10-7/h7-8H,1-5H2. The lowest BCUT2D eigenvalue weighted by Crippen LogP contribution is -2.42. The zero-order chi connectivity index (χ0) is 7.40. The number of hydrogen-bond donors (Lipinski definition) is 1. The van der Waals surface area contributed by atoms with Gasteiger partial charge in [-0.1, -0.05) is 0 Å². The van der Waals surface area contributed by atoms with Crippen molar-refractivity contribution >= 4 is 5.78 Å². The highest BCUT2D eigenvalue weighted by atomic mass is 16.5. The maximum Gasteiger partial charge on any atom is 0.162 e. The third-order valence-electron chi connectivity index (χ3n) is 1.53. The molecule has 0 saturated carbocycles. The molecule has 0 aromatic carbocycles. The molecule has 10 heavy (non-hydrogen) atoms. The van der Waals surface area contributed by atoms with Crippen LogP contribution in [-0.2, 0) is 9.53 Å². The first-order chi connectivity index (χ1) is 4.84. The molecule has 1 atom stereocenters. The first-order valence-electron chi connectivity index (χ1n) is 3.49. The molecule has 3 heteroatoms. The topological polar surface area (TPSA) is 38.3 Å². The monoisotopic (exact) mass is 142 g/mol. The molecule has 0 aliphatic carbocycles. The zero-order valence-electron chi connectivity index (χ0n) is 5.93. The predicted octanol–water partition coefficient (Wildman–Crippen LogP) is -0.232. The minimum Gasteiger partial charge on any atom is -0.368 e. The van der Waals surface area contributed by atoms with E-state index in [0.717, 1.165) is 6.54 Å². The normalized spacial score (nSPS) is 26.3. The summed E-state index contributed by atoms with van der Waals surface area (Å²) in [5.74, 6) is 0.0900. The highest BCUT2D eigenvalue weighted by Gasteiger charge is 2.19. The lowest BCUT2D eigenvalue weighted by atomic mass is 10.1. The van der Waals surface area contributed by atoms with Crippen LogP contribution in [-0.4, -0.2) is 31.6 Å². The average Bonchev–Trinajstić information content (AvgIpc) is 2.05. The Morgan fingerprint density at radius 3 is 3.10 bits per heavy atom. The van der Waals surface area contributed by atoms with Gasteiger partial charge in [0.25, 0.3) is 0 Å². The van der Waals surface area contributed by atoms with Crippen LogP contribution >= 0.6 is 0 Å². The summed E-state index contributed by atoms with van der Waals surface area (Å²) >= 11 is 0. The van der Waals surface area contributed by atoms with Gasteiger partial charge in [-0.2, -0.15) is 0 Å². The number of morpholine rings is 1. The Morgan fingerprint density at radius 2 is 2.60 bits per heavy atom. The molecule has 1 heterocycles.